The number of amides is 1. The molecule has 0 radical (unpaired) electrons. The summed E-state index contributed by atoms with van der Waals surface area (Å²) in [7, 11) is 1.60. The van der Waals surface area contributed by atoms with Gasteiger partial charge in [-0.3, -0.25) is 0 Å². The summed E-state index contributed by atoms with van der Waals surface area (Å²) in [6.07, 6.45) is 3.39. The zero-order valence-electron chi connectivity index (χ0n) is 5.74. The topological polar surface area (TPSA) is 33.0 Å². The first-order chi connectivity index (χ1) is 4.84. The van der Waals surface area contributed by atoms with Gasteiger partial charge in [-0.05, 0) is 12.1 Å². The van der Waals surface area contributed by atoms with E-state index in [1.54, 1.807) is 31.6 Å². The van der Waals surface area contributed by atoms with Gasteiger partial charge in [-0.15, -0.1) is 0 Å². The maximum Gasteiger partial charge on any atom is 0.495 e. The smallest absolute Gasteiger partial charge is 0.240 e. The first-order valence-corrected chi connectivity index (χ1v) is 3.03. The molecule has 0 aliphatic rings. The van der Waals surface area contributed by atoms with E-state index in [1.807, 2.05) is 6.07 Å². The van der Waals surface area contributed by atoms with Crippen LogP contribution in [0.15, 0.2) is 30.6 Å². The van der Waals surface area contributed by atoms with Crippen LogP contribution in [0, 0.1) is 0 Å². The molecule has 52 valence electrons. The Morgan fingerprint density at radius 3 is 2.40 bits per heavy atom. The molecule has 0 aromatic carbocycles. The number of hydrogen-bond acceptors (Lipinski definition) is 1. The highest BCUT2D eigenvalue weighted by molar-refractivity contribution is 5.63. The summed E-state index contributed by atoms with van der Waals surface area (Å²) < 4.78 is 1.47. The van der Waals surface area contributed by atoms with Gasteiger partial charge >= 0.3 is 6.03 Å². The maximum atomic E-state index is 10.9. The monoisotopic (exact) mass is 137 g/mol. The molecule has 3 heteroatoms. The van der Waals surface area contributed by atoms with Gasteiger partial charge in [-0.25, -0.2) is 5.32 Å². The van der Waals surface area contributed by atoms with Crippen LogP contribution in [0.3, 0.4) is 0 Å². The minimum atomic E-state index is -0.124. The second kappa shape index (κ2) is 2.96. The molecule has 1 N–H and O–H groups in total. The van der Waals surface area contributed by atoms with Gasteiger partial charge in [-0.2, -0.15) is 9.36 Å². The number of hydrogen-bond donors (Lipinski definition) is 1. The van der Waals surface area contributed by atoms with E-state index in [0.717, 1.165) is 0 Å². The molecule has 0 fully saturated rings. The molecule has 1 amide bonds. The highest BCUT2D eigenvalue weighted by atomic mass is 16.2. The van der Waals surface area contributed by atoms with Crippen molar-refractivity contribution in [2.45, 2.75) is 0 Å². The normalized spacial score (nSPS) is 8.90. The third kappa shape index (κ3) is 1.31. The maximum absolute atomic E-state index is 10.9. The fourth-order valence-corrected chi connectivity index (χ4v) is 0.663. The lowest BCUT2D eigenvalue weighted by molar-refractivity contribution is -0.571. The Labute approximate surface area is 59.3 Å². The summed E-state index contributed by atoms with van der Waals surface area (Å²) in [6, 6.07) is 5.34. The van der Waals surface area contributed by atoms with Crippen molar-refractivity contribution in [2.75, 3.05) is 7.05 Å². The van der Waals surface area contributed by atoms with Crippen LogP contribution in [0.5, 0.6) is 0 Å². The van der Waals surface area contributed by atoms with Crippen molar-refractivity contribution in [1.29, 1.82) is 0 Å². The Morgan fingerprint density at radius 2 is 1.90 bits per heavy atom. The Morgan fingerprint density at radius 1 is 1.30 bits per heavy atom. The highest BCUT2D eigenvalue weighted by Gasteiger charge is 2.05. The van der Waals surface area contributed by atoms with E-state index < -0.39 is 0 Å². The molecule has 0 unspecified atom stereocenters. The van der Waals surface area contributed by atoms with Crippen LogP contribution in [0.4, 0.5) is 4.79 Å². The quantitative estimate of drug-likeness (QED) is 0.508. The van der Waals surface area contributed by atoms with Gasteiger partial charge in [0.15, 0.2) is 0 Å². The van der Waals surface area contributed by atoms with Gasteiger partial charge < -0.3 is 0 Å². The van der Waals surface area contributed by atoms with Crippen molar-refractivity contribution in [3.8, 4) is 0 Å². The van der Waals surface area contributed by atoms with Crippen LogP contribution in [0.1, 0.15) is 0 Å². The van der Waals surface area contributed by atoms with Crippen LogP contribution >= 0.6 is 0 Å². The lowest BCUT2D eigenvalue weighted by Gasteiger charge is -1.90. The molecule has 0 atom stereocenters. The van der Waals surface area contributed by atoms with Crippen molar-refractivity contribution >= 4 is 6.03 Å². The summed E-state index contributed by atoms with van der Waals surface area (Å²) >= 11 is 0. The predicted octanol–water partition coefficient (Wildman–Crippen LogP) is 0.162. The number of carbonyl (C=O) groups is 1. The van der Waals surface area contributed by atoms with Gasteiger partial charge in [0.2, 0.25) is 0 Å². The van der Waals surface area contributed by atoms with E-state index >= 15 is 0 Å². The first-order valence-electron chi connectivity index (χ1n) is 3.03. The highest BCUT2D eigenvalue weighted by Crippen LogP contribution is 1.75. The molecule has 0 aliphatic carbocycles. The number of nitrogens with one attached hydrogen (secondary N) is 1. The van der Waals surface area contributed by atoms with Crippen LogP contribution in [-0.4, -0.2) is 13.1 Å². The minimum absolute atomic E-state index is 0.124. The number of nitrogens with zero attached hydrogens (tertiary/aromatic N) is 1. The van der Waals surface area contributed by atoms with Gasteiger partial charge in [-0.1, -0.05) is 6.07 Å². The summed E-state index contributed by atoms with van der Waals surface area (Å²) in [5.41, 5.74) is 0. The Hall–Kier alpha value is -1.38. The molecular weight excluding hydrogens is 128 g/mol. The fourth-order valence-electron chi connectivity index (χ4n) is 0.663. The van der Waals surface area contributed by atoms with E-state index in [4.69, 9.17) is 0 Å². The SMILES string of the molecule is CNC(=O)[n+]1ccccc1. The number of aromatic nitrogens is 1. The van der Waals surface area contributed by atoms with Crippen LogP contribution in [0.25, 0.3) is 0 Å². The third-order valence-corrected chi connectivity index (χ3v) is 1.16. The average molecular weight is 137 g/mol. The van der Waals surface area contributed by atoms with Gasteiger partial charge in [0, 0.05) is 0 Å². The molecule has 0 bridgehead atoms. The summed E-state index contributed by atoms with van der Waals surface area (Å²) in [6.45, 7) is 0. The van der Waals surface area contributed by atoms with Crippen molar-refractivity contribution in [2.24, 2.45) is 0 Å². The molecule has 1 heterocycles. The van der Waals surface area contributed by atoms with E-state index in [1.165, 1.54) is 4.57 Å². The molecule has 1 aromatic rings. The van der Waals surface area contributed by atoms with Crippen molar-refractivity contribution in [1.82, 2.24) is 5.32 Å². The number of pyridine rings is 1. The standard InChI is InChI=1S/C7H8N2O/c1-8-7(10)9-5-3-2-4-6-9/h2-6H,1H3/p+1. The van der Waals surface area contributed by atoms with E-state index in [9.17, 15) is 4.79 Å². The van der Waals surface area contributed by atoms with E-state index in [-0.39, 0.29) is 6.03 Å². The molecule has 0 saturated heterocycles. The molecular formula is C7H9N2O+. The second-order valence-corrected chi connectivity index (χ2v) is 1.84. The fraction of sp³-hybridized carbons (Fsp3) is 0.143. The Bertz CT molecular complexity index is 220. The molecule has 10 heavy (non-hydrogen) atoms. The molecule has 0 spiro atoms. The summed E-state index contributed by atoms with van der Waals surface area (Å²) in [5, 5.41) is 2.51. The number of carbonyl (C=O) groups excluding carboxylic acids is 1. The average Bonchev–Trinajstić information content (AvgIpc) is 2.05. The Balaban J connectivity index is 2.85. The number of rotatable bonds is 0. The van der Waals surface area contributed by atoms with E-state index in [0.29, 0.717) is 0 Å². The van der Waals surface area contributed by atoms with Crippen molar-refractivity contribution in [3.05, 3.63) is 30.6 Å². The molecule has 1 rings (SSSR count). The molecule has 0 aliphatic heterocycles. The molecule has 0 saturated carbocycles. The minimum Gasteiger partial charge on any atom is -0.240 e. The third-order valence-electron chi connectivity index (χ3n) is 1.16. The lowest BCUT2D eigenvalue weighted by atomic mass is 10.5. The molecule has 3 nitrogen and oxygen atoms in total. The van der Waals surface area contributed by atoms with Gasteiger partial charge in [0.05, 0.1) is 19.4 Å². The zero-order chi connectivity index (χ0) is 7.40. The predicted molar refractivity (Wildman–Crippen MR) is 36.5 cm³/mol. The first kappa shape index (κ1) is 6.74. The largest absolute Gasteiger partial charge is 0.495 e. The Kier molecular flexibility index (Phi) is 1.99. The second-order valence-electron chi connectivity index (χ2n) is 1.84. The van der Waals surface area contributed by atoms with Gasteiger partial charge in [0.1, 0.15) is 0 Å². The van der Waals surface area contributed by atoms with E-state index in [2.05, 4.69) is 5.32 Å². The van der Waals surface area contributed by atoms with Crippen LogP contribution in [0.2, 0.25) is 0 Å². The van der Waals surface area contributed by atoms with Crippen LogP contribution in [-0.2, 0) is 0 Å². The van der Waals surface area contributed by atoms with Gasteiger partial charge in [0.25, 0.3) is 0 Å². The van der Waals surface area contributed by atoms with Crippen LogP contribution < -0.4 is 9.88 Å². The van der Waals surface area contributed by atoms with Crippen molar-refractivity contribution in [3.63, 3.8) is 0 Å². The lowest BCUT2D eigenvalue weighted by Crippen LogP contribution is -2.48. The summed E-state index contributed by atoms with van der Waals surface area (Å²) in [4.78, 5) is 10.9. The summed E-state index contributed by atoms with van der Waals surface area (Å²) in [5.74, 6) is 0. The van der Waals surface area contributed by atoms with Crippen molar-refractivity contribution < 1.29 is 9.36 Å². The zero-order valence-corrected chi connectivity index (χ0v) is 5.74. The molecule has 1 aromatic heterocycles.